The summed E-state index contributed by atoms with van der Waals surface area (Å²) >= 11 is 0. The van der Waals surface area contributed by atoms with Crippen LogP contribution in [-0.2, 0) is 22.4 Å². The van der Waals surface area contributed by atoms with Crippen molar-refractivity contribution in [1.29, 1.82) is 0 Å². The molecule has 0 radical (unpaired) electrons. The molecule has 0 aliphatic heterocycles. The lowest BCUT2D eigenvalue weighted by Gasteiger charge is -2.06. The van der Waals surface area contributed by atoms with E-state index in [2.05, 4.69) is 15.5 Å². The molecule has 0 saturated heterocycles. The molecule has 1 aromatic carbocycles. The SMILES string of the molecule is Cc1noc(CCCC(=O)Nc2cccc(CC(=O)O)c2)n1. The summed E-state index contributed by atoms with van der Waals surface area (Å²) in [5.41, 5.74) is 1.24. The number of carbonyl (C=O) groups is 2. The number of aliphatic carboxylic acids is 1. The maximum absolute atomic E-state index is 11.8. The highest BCUT2D eigenvalue weighted by Crippen LogP contribution is 2.12. The van der Waals surface area contributed by atoms with Crippen molar-refractivity contribution in [2.24, 2.45) is 0 Å². The number of nitrogens with one attached hydrogen (secondary N) is 1. The predicted octanol–water partition coefficient (Wildman–Crippen LogP) is 1.97. The molecule has 2 aromatic rings. The summed E-state index contributed by atoms with van der Waals surface area (Å²) in [7, 11) is 0. The van der Waals surface area contributed by atoms with Crippen molar-refractivity contribution in [3.05, 3.63) is 41.5 Å². The minimum atomic E-state index is -0.904. The molecule has 0 fully saturated rings. The molecule has 2 N–H and O–H groups in total. The quantitative estimate of drug-likeness (QED) is 0.810. The molecule has 1 aromatic heterocycles. The van der Waals surface area contributed by atoms with Crippen molar-refractivity contribution < 1.29 is 19.2 Å². The largest absolute Gasteiger partial charge is 0.481 e. The number of carbonyl (C=O) groups excluding carboxylic acids is 1. The molecule has 0 bridgehead atoms. The van der Waals surface area contributed by atoms with Crippen molar-refractivity contribution in [1.82, 2.24) is 10.1 Å². The molecule has 7 heteroatoms. The third-order valence-corrected chi connectivity index (χ3v) is 2.93. The third-order valence-electron chi connectivity index (χ3n) is 2.93. The summed E-state index contributed by atoms with van der Waals surface area (Å²) in [6, 6.07) is 6.81. The van der Waals surface area contributed by atoms with E-state index in [0.29, 0.717) is 42.2 Å². The first-order valence-electron chi connectivity index (χ1n) is 6.92. The first-order valence-corrected chi connectivity index (χ1v) is 6.92. The van der Waals surface area contributed by atoms with Gasteiger partial charge in [0, 0.05) is 18.5 Å². The number of aromatic nitrogens is 2. The van der Waals surface area contributed by atoms with Gasteiger partial charge in [0.15, 0.2) is 5.82 Å². The zero-order chi connectivity index (χ0) is 15.9. The van der Waals surface area contributed by atoms with Crippen LogP contribution in [0.25, 0.3) is 0 Å². The number of carboxylic acid groups (broad SMARTS) is 1. The summed E-state index contributed by atoms with van der Waals surface area (Å²) in [5.74, 6) is 0.0606. The van der Waals surface area contributed by atoms with Crippen LogP contribution in [-0.4, -0.2) is 27.1 Å². The van der Waals surface area contributed by atoms with Crippen molar-refractivity contribution in [3.8, 4) is 0 Å². The van der Waals surface area contributed by atoms with Crippen molar-refractivity contribution >= 4 is 17.6 Å². The molecule has 7 nitrogen and oxygen atoms in total. The van der Waals surface area contributed by atoms with Gasteiger partial charge in [0.2, 0.25) is 11.8 Å². The molecule has 1 heterocycles. The van der Waals surface area contributed by atoms with Gasteiger partial charge in [-0.2, -0.15) is 4.98 Å². The number of hydrogen-bond donors (Lipinski definition) is 2. The highest BCUT2D eigenvalue weighted by molar-refractivity contribution is 5.90. The predicted molar refractivity (Wildman–Crippen MR) is 78.4 cm³/mol. The van der Waals surface area contributed by atoms with E-state index in [9.17, 15) is 9.59 Å². The molecule has 0 spiro atoms. The minimum Gasteiger partial charge on any atom is -0.481 e. The second kappa shape index (κ2) is 7.35. The van der Waals surface area contributed by atoms with Gasteiger partial charge in [0.05, 0.1) is 6.42 Å². The number of amides is 1. The molecule has 0 aliphatic carbocycles. The van der Waals surface area contributed by atoms with Crippen LogP contribution >= 0.6 is 0 Å². The zero-order valence-corrected chi connectivity index (χ0v) is 12.2. The Labute approximate surface area is 127 Å². The average molecular weight is 303 g/mol. The molecular formula is C15H17N3O4. The Morgan fingerprint density at radius 1 is 1.36 bits per heavy atom. The molecule has 22 heavy (non-hydrogen) atoms. The van der Waals surface area contributed by atoms with Gasteiger partial charge in [-0.25, -0.2) is 0 Å². The average Bonchev–Trinajstić information content (AvgIpc) is 2.84. The fourth-order valence-electron chi connectivity index (χ4n) is 2.00. The van der Waals surface area contributed by atoms with Crippen molar-refractivity contribution in [3.63, 3.8) is 0 Å². The van der Waals surface area contributed by atoms with Crippen LogP contribution in [0.3, 0.4) is 0 Å². The highest BCUT2D eigenvalue weighted by atomic mass is 16.5. The van der Waals surface area contributed by atoms with Gasteiger partial charge in [0.25, 0.3) is 0 Å². The fourth-order valence-corrected chi connectivity index (χ4v) is 2.00. The Kier molecular flexibility index (Phi) is 5.24. The van der Waals surface area contributed by atoms with E-state index in [4.69, 9.17) is 9.63 Å². The van der Waals surface area contributed by atoms with Gasteiger partial charge in [-0.1, -0.05) is 17.3 Å². The molecule has 0 aliphatic rings. The Balaban J connectivity index is 1.80. The van der Waals surface area contributed by atoms with Crippen molar-refractivity contribution in [2.75, 3.05) is 5.32 Å². The minimum absolute atomic E-state index is 0.0692. The molecule has 0 saturated carbocycles. The maximum atomic E-state index is 11.8. The van der Waals surface area contributed by atoms with Gasteiger partial charge >= 0.3 is 5.97 Å². The van der Waals surface area contributed by atoms with E-state index in [1.807, 2.05) is 0 Å². The topological polar surface area (TPSA) is 105 Å². The van der Waals surface area contributed by atoms with E-state index < -0.39 is 5.97 Å². The number of anilines is 1. The molecule has 2 rings (SSSR count). The number of aryl methyl sites for hydroxylation is 2. The summed E-state index contributed by atoms with van der Waals surface area (Å²) in [4.78, 5) is 26.6. The Bertz CT molecular complexity index is 666. The molecule has 116 valence electrons. The van der Waals surface area contributed by atoms with Gasteiger partial charge < -0.3 is 14.9 Å². The van der Waals surface area contributed by atoms with Crippen LogP contribution in [0.1, 0.15) is 30.1 Å². The Hall–Kier alpha value is -2.70. The lowest BCUT2D eigenvalue weighted by atomic mass is 10.1. The van der Waals surface area contributed by atoms with Crippen LogP contribution < -0.4 is 5.32 Å². The normalized spacial score (nSPS) is 10.4. The number of benzene rings is 1. The van der Waals surface area contributed by atoms with E-state index >= 15 is 0 Å². The van der Waals surface area contributed by atoms with Gasteiger partial charge in [-0.3, -0.25) is 9.59 Å². The number of carboxylic acids is 1. The molecule has 0 unspecified atom stereocenters. The lowest BCUT2D eigenvalue weighted by molar-refractivity contribution is -0.136. The second-order valence-electron chi connectivity index (χ2n) is 4.91. The number of nitrogens with zero attached hydrogens (tertiary/aromatic N) is 2. The molecular weight excluding hydrogens is 286 g/mol. The smallest absolute Gasteiger partial charge is 0.307 e. The van der Waals surface area contributed by atoms with Crippen LogP contribution in [0.15, 0.2) is 28.8 Å². The lowest BCUT2D eigenvalue weighted by Crippen LogP contribution is -2.12. The van der Waals surface area contributed by atoms with E-state index in [1.54, 1.807) is 31.2 Å². The highest BCUT2D eigenvalue weighted by Gasteiger charge is 2.07. The Morgan fingerprint density at radius 2 is 2.18 bits per heavy atom. The standard InChI is InChI=1S/C15H17N3O4/c1-10-16-14(22-18-10)7-3-6-13(19)17-12-5-2-4-11(8-12)9-15(20)21/h2,4-5,8H,3,6-7,9H2,1H3,(H,17,19)(H,20,21). The van der Waals surface area contributed by atoms with Crippen molar-refractivity contribution in [2.45, 2.75) is 32.6 Å². The Morgan fingerprint density at radius 3 is 2.86 bits per heavy atom. The van der Waals surface area contributed by atoms with Gasteiger partial charge in [0.1, 0.15) is 0 Å². The molecule has 1 amide bonds. The summed E-state index contributed by atoms with van der Waals surface area (Å²) in [5, 5.41) is 15.2. The zero-order valence-electron chi connectivity index (χ0n) is 12.2. The summed E-state index contributed by atoms with van der Waals surface area (Å²) in [6.45, 7) is 1.74. The van der Waals surface area contributed by atoms with Gasteiger partial charge in [-0.15, -0.1) is 0 Å². The van der Waals surface area contributed by atoms with Crippen LogP contribution in [0.5, 0.6) is 0 Å². The summed E-state index contributed by atoms with van der Waals surface area (Å²) in [6.07, 6.45) is 1.40. The van der Waals surface area contributed by atoms with Gasteiger partial charge in [-0.05, 0) is 31.0 Å². The summed E-state index contributed by atoms with van der Waals surface area (Å²) < 4.78 is 4.97. The van der Waals surface area contributed by atoms with E-state index in [0.717, 1.165) is 0 Å². The number of rotatable bonds is 7. The van der Waals surface area contributed by atoms with Crippen LogP contribution in [0.4, 0.5) is 5.69 Å². The first-order chi connectivity index (χ1) is 10.5. The fraction of sp³-hybridized carbons (Fsp3) is 0.333. The second-order valence-corrected chi connectivity index (χ2v) is 4.91. The molecule has 0 atom stereocenters. The van der Waals surface area contributed by atoms with E-state index in [1.165, 1.54) is 0 Å². The van der Waals surface area contributed by atoms with Crippen LogP contribution in [0, 0.1) is 6.92 Å². The van der Waals surface area contributed by atoms with Crippen LogP contribution in [0.2, 0.25) is 0 Å². The monoisotopic (exact) mass is 303 g/mol. The third kappa shape index (κ3) is 5.01. The first kappa shape index (κ1) is 15.7. The number of hydrogen-bond acceptors (Lipinski definition) is 5. The van der Waals surface area contributed by atoms with E-state index in [-0.39, 0.29) is 12.3 Å². The maximum Gasteiger partial charge on any atom is 0.307 e.